The Kier molecular flexibility index (Phi) is 6.32. The zero-order valence-electron chi connectivity index (χ0n) is 7.53. The van der Waals surface area contributed by atoms with Crippen LogP contribution in [0.5, 0.6) is 0 Å². The summed E-state index contributed by atoms with van der Waals surface area (Å²) in [5.41, 5.74) is -0.0972. The zero-order valence-corrected chi connectivity index (χ0v) is 7.53. The molecule has 0 aromatic carbocycles. The fraction of sp³-hybridized carbons (Fsp3) is 0.667. The van der Waals surface area contributed by atoms with Crippen LogP contribution >= 0.6 is 0 Å². The number of carbonyl (C=O) groups excluding carboxylic acids is 1. The lowest BCUT2D eigenvalue weighted by Crippen LogP contribution is -2.19. The molecule has 0 fully saturated rings. The van der Waals surface area contributed by atoms with Crippen LogP contribution in [0.1, 0.15) is 34.1 Å². The molecule has 1 heteroatoms. The van der Waals surface area contributed by atoms with Crippen LogP contribution in [0.4, 0.5) is 0 Å². The van der Waals surface area contributed by atoms with Crippen molar-refractivity contribution < 1.29 is 4.79 Å². The molecule has 10 heavy (non-hydrogen) atoms. The Hall–Kier alpha value is -0.590. The van der Waals surface area contributed by atoms with Gasteiger partial charge in [0, 0.05) is 5.41 Å². The Morgan fingerprint density at radius 3 is 1.70 bits per heavy atom. The number of carbonyl (C=O) groups is 1. The predicted octanol–water partition coefficient (Wildman–Crippen LogP) is 2.81. The molecule has 0 aliphatic rings. The average molecular weight is 142 g/mol. The lowest BCUT2D eigenvalue weighted by molar-refractivity contribution is -0.124. The average Bonchev–Trinajstić information content (AvgIpc) is 1.92. The van der Waals surface area contributed by atoms with Gasteiger partial charge < -0.3 is 0 Å². The molecular formula is C9H18O. The van der Waals surface area contributed by atoms with Crippen molar-refractivity contribution >= 4 is 5.78 Å². The van der Waals surface area contributed by atoms with E-state index in [-0.39, 0.29) is 11.2 Å². The highest BCUT2D eigenvalue weighted by Crippen LogP contribution is 2.19. The second kappa shape index (κ2) is 5.21. The third kappa shape index (κ3) is 4.30. The quantitative estimate of drug-likeness (QED) is 0.542. The molecule has 0 aromatic rings. The molecule has 0 spiro atoms. The van der Waals surface area contributed by atoms with Crippen molar-refractivity contribution in [2.45, 2.75) is 34.1 Å². The lowest BCUT2D eigenvalue weighted by atomic mass is 9.86. The van der Waals surface area contributed by atoms with E-state index in [0.717, 1.165) is 6.42 Å². The van der Waals surface area contributed by atoms with Gasteiger partial charge in [0.2, 0.25) is 0 Å². The van der Waals surface area contributed by atoms with Crippen LogP contribution in [0.15, 0.2) is 13.2 Å². The van der Waals surface area contributed by atoms with Crippen LogP contribution in [-0.2, 0) is 4.79 Å². The van der Waals surface area contributed by atoms with E-state index in [1.807, 2.05) is 20.8 Å². The lowest BCUT2D eigenvalue weighted by Gasteiger charge is -2.17. The van der Waals surface area contributed by atoms with E-state index >= 15 is 0 Å². The summed E-state index contributed by atoms with van der Waals surface area (Å²) in [7, 11) is 0. The van der Waals surface area contributed by atoms with E-state index < -0.39 is 0 Å². The minimum atomic E-state index is -0.0972. The predicted molar refractivity (Wildman–Crippen MR) is 46.0 cm³/mol. The molecule has 0 bridgehead atoms. The van der Waals surface area contributed by atoms with Crippen molar-refractivity contribution in [1.82, 2.24) is 0 Å². The highest BCUT2D eigenvalue weighted by atomic mass is 16.1. The van der Waals surface area contributed by atoms with E-state index in [0.29, 0.717) is 0 Å². The van der Waals surface area contributed by atoms with Crippen LogP contribution in [-0.4, -0.2) is 5.78 Å². The molecule has 0 saturated carbocycles. The van der Waals surface area contributed by atoms with Crippen LogP contribution in [0.3, 0.4) is 0 Å². The molecule has 0 rings (SSSR count). The highest BCUT2D eigenvalue weighted by Gasteiger charge is 2.19. The summed E-state index contributed by atoms with van der Waals surface area (Å²) in [6.45, 7) is 13.6. The van der Waals surface area contributed by atoms with Gasteiger partial charge in [-0.15, -0.1) is 13.2 Å². The first-order valence-corrected chi connectivity index (χ1v) is 3.51. The third-order valence-electron chi connectivity index (χ3n) is 1.84. The summed E-state index contributed by atoms with van der Waals surface area (Å²) in [6, 6.07) is 0. The molecule has 0 radical (unpaired) electrons. The van der Waals surface area contributed by atoms with E-state index in [1.165, 1.54) is 0 Å². The van der Waals surface area contributed by atoms with Gasteiger partial charge >= 0.3 is 0 Å². The summed E-state index contributed by atoms with van der Waals surface area (Å²) in [5, 5.41) is 0. The third-order valence-corrected chi connectivity index (χ3v) is 1.84. The van der Waals surface area contributed by atoms with Gasteiger partial charge in [-0.2, -0.15) is 0 Å². The molecule has 0 aromatic heterocycles. The first kappa shape index (κ1) is 12.1. The Bertz CT molecular complexity index is 103. The summed E-state index contributed by atoms with van der Waals surface area (Å²) in [4.78, 5) is 10.7. The molecule has 0 aliphatic heterocycles. The van der Waals surface area contributed by atoms with Crippen molar-refractivity contribution in [1.29, 1.82) is 0 Å². The number of Topliss-reactive ketones (excluding diaryl/α,β-unsaturated/α-hetero) is 1. The standard InChI is InChI=1S/C7H14O.C2H4/c1-5-7(3,4)6(2)8;1-2/h5H2,1-4H3;1-2H2. The smallest absolute Gasteiger partial charge is 0.135 e. The van der Waals surface area contributed by atoms with E-state index in [4.69, 9.17) is 0 Å². The number of hydrogen-bond acceptors (Lipinski definition) is 1. The molecule has 60 valence electrons. The van der Waals surface area contributed by atoms with Gasteiger partial charge in [-0.1, -0.05) is 20.8 Å². The molecule has 0 atom stereocenters. The molecule has 1 nitrogen and oxygen atoms in total. The molecule has 0 heterocycles. The van der Waals surface area contributed by atoms with E-state index in [9.17, 15) is 4.79 Å². The summed E-state index contributed by atoms with van der Waals surface area (Å²) in [6.07, 6.45) is 0.933. The maximum Gasteiger partial charge on any atom is 0.135 e. The summed E-state index contributed by atoms with van der Waals surface area (Å²) in [5.74, 6) is 0.278. The topological polar surface area (TPSA) is 17.1 Å². The van der Waals surface area contributed by atoms with E-state index in [1.54, 1.807) is 6.92 Å². The fourth-order valence-electron chi connectivity index (χ4n) is 0.249. The summed E-state index contributed by atoms with van der Waals surface area (Å²) < 4.78 is 0. The Labute approximate surface area is 64.1 Å². The van der Waals surface area contributed by atoms with Gasteiger partial charge in [0.05, 0.1) is 0 Å². The van der Waals surface area contributed by atoms with Gasteiger partial charge in [-0.25, -0.2) is 0 Å². The van der Waals surface area contributed by atoms with Gasteiger partial charge in [0.15, 0.2) is 0 Å². The van der Waals surface area contributed by atoms with Gasteiger partial charge in [-0.3, -0.25) is 4.79 Å². The highest BCUT2D eigenvalue weighted by molar-refractivity contribution is 5.81. The van der Waals surface area contributed by atoms with Gasteiger partial charge in [-0.05, 0) is 13.3 Å². The monoisotopic (exact) mass is 142 g/mol. The number of hydrogen-bond donors (Lipinski definition) is 0. The summed E-state index contributed by atoms with van der Waals surface area (Å²) >= 11 is 0. The van der Waals surface area contributed by atoms with Crippen LogP contribution < -0.4 is 0 Å². The first-order valence-electron chi connectivity index (χ1n) is 3.51. The Morgan fingerprint density at radius 2 is 1.70 bits per heavy atom. The number of ketones is 1. The first-order chi connectivity index (χ1) is 4.50. The van der Waals surface area contributed by atoms with Crippen LogP contribution in [0, 0.1) is 5.41 Å². The molecule has 0 unspecified atom stereocenters. The molecule has 0 aliphatic carbocycles. The van der Waals surface area contributed by atoms with Gasteiger partial charge in [0.25, 0.3) is 0 Å². The molecule has 0 saturated heterocycles. The fourth-order valence-corrected chi connectivity index (χ4v) is 0.249. The largest absolute Gasteiger partial charge is 0.299 e. The number of rotatable bonds is 2. The Morgan fingerprint density at radius 1 is 1.40 bits per heavy atom. The molecule has 0 N–H and O–H groups in total. The van der Waals surface area contributed by atoms with Crippen LogP contribution in [0.2, 0.25) is 0 Å². The Balaban J connectivity index is 0. The van der Waals surface area contributed by atoms with Crippen molar-refractivity contribution in [3.63, 3.8) is 0 Å². The maximum absolute atomic E-state index is 10.7. The maximum atomic E-state index is 10.7. The normalized spacial score (nSPS) is 9.60. The van der Waals surface area contributed by atoms with Crippen molar-refractivity contribution in [3.8, 4) is 0 Å². The minimum absolute atomic E-state index is 0.0972. The second-order valence-corrected chi connectivity index (χ2v) is 2.79. The van der Waals surface area contributed by atoms with Crippen LogP contribution in [0.25, 0.3) is 0 Å². The molecular weight excluding hydrogens is 124 g/mol. The van der Waals surface area contributed by atoms with Crippen molar-refractivity contribution in [3.05, 3.63) is 13.2 Å². The van der Waals surface area contributed by atoms with Crippen molar-refractivity contribution in [2.24, 2.45) is 5.41 Å². The zero-order chi connectivity index (χ0) is 8.78. The van der Waals surface area contributed by atoms with E-state index in [2.05, 4.69) is 13.2 Å². The minimum Gasteiger partial charge on any atom is -0.299 e. The second-order valence-electron chi connectivity index (χ2n) is 2.79. The SMILES string of the molecule is C=C.CCC(C)(C)C(C)=O. The van der Waals surface area contributed by atoms with Gasteiger partial charge in [0.1, 0.15) is 5.78 Å². The molecule has 0 amide bonds. The van der Waals surface area contributed by atoms with Crippen molar-refractivity contribution in [2.75, 3.05) is 0 Å².